The second-order valence-electron chi connectivity index (χ2n) is 23.8. The molecule has 68 heavy (non-hydrogen) atoms. The molecule has 0 aromatic heterocycles. The first kappa shape index (κ1) is 52.9. The summed E-state index contributed by atoms with van der Waals surface area (Å²) >= 11 is 0. The van der Waals surface area contributed by atoms with Crippen LogP contribution in [0.25, 0.3) is 0 Å². The van der Waals surface area contributed by atoms with Gasteiger partial charge < -0.3 is 85.0 Å². The molecule has 29 atom stereocenters. The number of aliphatic hydroxyl groups excluding tert-OH is 12. The number of ether oxygens (including phenoxy) is 5. The third-order valence-corrected chi connectivity index (χ3v) is 20.6. The Kier molecular flexibility index (Phi) is 14.9. The van der Waals surface area contributed by atoms with Gasteiger partial charge in [-0.3, -0.25) is 4.79 Å². The van der Waals surface area contributed by atoms with E-state index in [1.807, 2.05) is 6.92 Å². The zero-order valence-electron chi connectivity index (χ0n) is 40.9. The SMILES string of the molecule is C[C@@H]1[C@@H]2C3=CC[C@@H]4[C@]5(C)C[C@H](O)[C@@H](O)[C@@](C)(CO)[C@H]5CC[C@@]4(C)[C@]3(C)[C@H](C)C[C@H]2[C@H](C(=O)O[C@@H]2C[C@H](CO[C@H]3O[C@@H](CO)[C@H](O[C@H]4O[C@@H](C)[C@H](O)[C@@H](O)[C@@H]4O)[C@@H](O)[C@@H]3O)[C@@H](O)[C@H](O)[C@H]2O)C[C@@H]1C. The fraction of sp³-hybridized carbons (Fsp3) is 0.940. The van der Waals surface area contributed by atoms with Gasteiger partial charge in [-0.1, -0.05) is 60.1 Å². The van der Waals surface area contributed by atoms with Gasteiger partial charge in [0.15, 0.2) is 12.6 Å². The van der Waals surface area contributed by atoms with Crippen molar-refractivity contribution in [2.75, 3.05) is 19.8 Å². The molecule has 390 valence electrons. The van der Waals surface area contributed by atoms with E-state index in [1.54, 1.807) is 0 Å². The van der Waals surface area contributed by atoms with Crippen molar-refractivity contribution in [1.82, 2.24) is 0 Å². The molecule has 18 nitrogen and oxygen atoms in total. The summed E-state index contributed by atoms with van der Waals surface area (Å²) in [6.07, 6.45) is -16.8. The molecular weight excluding hydrogens is 889 g/mol. The summed E-state index contributed by atoms with van der Waals surface area (Å²) in [5.41, 5.74) is -0.201. The lowest BCUT2D eigenvalue weighted by molar-refractivity contribution is -0.358. The third kappa shape index (κ3) is 8.09. The van der Waals surface area contributed by atoms with Crippen LogP contribution in [0, 0.1) is 74.9 Å². The van der Waals surface area contributed by atoms with Crippen molar-refractivity contribution in [3.05, 3.63) is 11.6 Å². The monoisotopic (exact) mass is 971 g/mol. The van der Waals surface area contributed by atoms with Gasteiger partial charge in [0, 0.05) is 11.3 Å². The number of rotatable bonds is 9. The van der Waals surface area contributed by atoms with Crippen molar-refractivity contribution in [2.24, 2.45) is 74.9 Å². The molecule has 0 radical (unpaired) electrons. The number of fused-ring (bicyclic) bond motifs is 7. The van der Waals surface area contributed by atoms with E-state index in [9.17, 15) is 66.1 Å². The first-order valence-corrected chi connectivity index (χ1v) is 25.3. The van der Waals surface area contributed by atoms with Crippen LogP contribution in [0.1, 0.15) is 100 Å². The summed E-state index contributed by atoms with van der Waals surface area (Å²) in [4.78, 5) is 14.6. The Bertz CT molecular complexity index is 1840. The molecule has 0 aromatic carbocycles. The van der Waals surface area contributed by atoms with Gasteiger partial charge in [0.05, 0.1) is 50.2 Å². The van der Waals surface area contributed by atoms with E-state index >= 15 is 0 Å². The van der Waals surface area contributed by atoms with E-state index in [1.165, 1.54) is 12.5 Å². The molecule has 0 bridgehead atoms. The molecule has 6 aliphatic carbocycles. The zero-order valence-corrected chi connectivity index (χ0v) is 40.9. The summed E-state index contributed by atoms with van der Waals surface area (Å²) in [6, 6.07) is 0. The minimum absolute atomic E-state index is 0.0272. The predicted octanol–water partition coefficient (Wildman–Crippen LogP) is -0.267. The summed E-state index contributed by atoms with van der Waals surface area (Å²) in [5, 5.41) is 130. The molecule has 7 fully saturated rings. The molecule has 0 amide bonds. The molecule has 5 saturated carbocycles. The number of hydrogen-bond donors (Lipinski definition) is 12. The van der Waals surface area contributed by atoms with Gasteiger partial charge >= 0.3 is 5.97 Å². The number of hydrogen-bond acceptors (Lipinski definition) is 18. The van der Waals surface area contributed by atoms with Crippen LogP contribution in [0.5, 0.6) is 0 Å². The average Bonchev–Trinajstić information content (AvgIpc) is 3.29. The van der Waals surface area contributed by atoms with Crippen molar-refractivity contribution in [3.8, 4) is 0 Å². The molecule has 0 aromatic rings. The van der Waals surface area contributed by atoms with Crippen LogP contribution in [0.2, 0.25) is 0 Å². The number of esters is 1. The largest absolute Gasteiger partial charge is 0.459 e. The maximum Gasteiger partial charge on any atom is 0.309 e. The Morgan fingerprint density at radius 1 is 0.765 bits per heavy atom. The Balaban J connectivity index is 0.960. The van der Waals surface area contributed by atoms with Gasteiger partial charge in [-0.15, -0.1) is 0 Å². The van der Waals surface area contributed by atoms with Crippen molar-refractivity contribution >= 4 is 5.97 Å². The van der Waals surface area contributed by atoms with Crippen molar-refractivity contribution in [2.45, 2.75) is 198 Å². The minimum Gasteiger partial charge on any atom is -0.459 e. The molecule has 2 aliphatic heterocycles. The van der Waals surface area contributed by atoms with Crippen LogP contribution in [0.3, 0.4) is 0 Å². The van der Waals surface area contributed by atoms with Gasteiger partial charge in [0.1, 0.15) is 61.0 Å². The Labute approximate surface area is 399 Å². The smallest absolute Gasteiger partial charge is 0.309 e. The second-order valence-corrected chi connectivity index (χ2v) is 23.8. The minimum atomic E-state index is -1.80. The van der Waals surface area contributed by atoms with Crippen LogP contribution in [0.4, 0.5) is 0 Å². The van der Waals surface area contributed by atoms with Crippen LogP contribution in [-0.4, -0.2) is 185 Å². The summed E-state index contributed by atoms with van der Waals surface area (Å²) < 4.78 is 29.0. The van der Waals surface area contributed by atoms with Crippen LogP contribution >= 0.6 is 0 Å². The van der Waals surface area contributed by atoms with Gasteiger partial charge in [0.25, 0.3) is 0 Å². The Hall–Kier alpha value is -1.43. The Morgan fingerprint density at radius 2 is 1.43 bits per heavy atom. The standard InChI is InChI=1S/C50H82O18/c1-20-13-26(25-14-21(2)50(8)27(33(25)22(20)3)9-10-32-47(5)16-28(53)43(62)48(6,19-52)31(47)11-12-49(32,50)7)44(63)66-29-15-24(35(55)38(58)36(29)56)18-64-45-41(61)39(59)42(30(17-51)67-45)68-46-40(60)37(57)34(54)23(4)65-46/h9,20-26,28-43,45-46,51-62H,10-19H2,1-8H3/t20-,21+,22-,23-,24+,25-,26+,28-,29+,30-,31-,32+,33-,34-,35+,36-,37+,38-,39-,40-,41-,42-,43+,45-,46+,47+,48-,49+,50+/m0/s1. The molecule has 2 heterocycles. The van der Waals surface area contributed by atoms with E-state index in [-0.39, 0.29) is 70.7 Å². The fourth-order valence-corrected chi connectivity index (χ4v) is 16.1. The lowest BCUT2D eigenvalue weighted by Gasteiger charge is -2.72. The van der Waals surface area contributed by atoms with E-state index in [2.05, 4.69) is 47.6 Å². The van der Waals surface area contributed by atoms with Gasteiger partial charge in [-0.25, -0.2) is 0 Å². The first-order chi connectivity index (χ1) is 31.8. The molecule has 2 saturated heterocycles. The van der Waals surface area contributed by atoms with E-state index < -0.39 is 134 Å². The predicted molar refractivity (Wildman–Crippen MR) is 239 cm³/mol. The van der Waals surface area contributed by atoms with Gasteiger partial charge in [0.2, 0.25) is 0 Å². The quantitative estimate of drug-likeness (QED) is 0.105. The maximum atomic E-state index is 14.6. The molecule has 8 aliphatic rings. The summed E-state index contributed by atoms with van der Waals surface area (Å²) in [5.74, 6) is -1.18. The summed E-state index contributed by atoms with van der Waals surface area (Å²) in [6.45, 7) is 15.9. The fourth-order valence-electron chi connectivity index (χ4n) is 16.1. The number of aliphatic hydroxyl groups is 12. The number of carbonyl (C=O) groups is 1. The van der Waals surface area contributed by atoms with Gasteiger partial charge in [-0.2, -0.15) is 0 Å². The van der Waals surface area contributed by atoms with Crippen LogP contribution < -0.4 is 0 Å². The second kappa shape index (κ2) is 19.1. The van der Waals surface area contributed by atoms with Gasteiger partial charge in [-0.05, 0) is 110 Å². The third-order valence-electron chi connectivity index (χ3n) is 20.6. The lowest BCUT2D eigenvalue weighted by atomic mass is 9.32. The molecule has 0 spiro atoms. The highest BCUT2D eigenvalue weighted by Gasteiger charge is 2.71. The van der Waals surface area contributed by atoms with Crippen LogP contribution in [-0.2, 0) is 28.5 Å². The average molecular weight is 971 g/mol. The highest BCUT2D eigenvalue weighted by molar-refractivity contribution is 5.73. The number of allylic oxidation sites excluding steroid dienone is 2. The Morgan fingerprint density at radius 3 is 2.09 bits per heavy atom. The lowest BCUT2D eigenvalue weighted by Crippen LogP contribution is -2.68. The van der Waals surface area contributed by atoms with E-state index in [4.69, 9.17) is 23.7 Å². The molecule has 12 N–H and O–H groups in total. The van der Waals surface area contributed by atoms with E-state index in [0.717, 1.165) is 25.7 Å². The highest BCUT2D eigenvalue weighted by atomic mass is 16.7. The molecule has 0 unspecified atom stereocenters. The highest BCUT2D eigenvalue weighted by Crippen LogP contribution is 2.75. The first-order valence-electron chi connectivity index (χ1n) is 25.3. The normalized spacial score (nSPS) is 57.1. The zero-order chi connectivity index (χ0) is 49.9. The number of carbonyl (C=O) groups excluding carboxylic acids is 1. The topological polar surface area (TPSA) is 306 Å². The van der Waals surface area contributed by atoms with Crippen molar-refractivity contribution in [3.63, 3.8) is 0 Å². The van der Waals surface area contributed by atoms with Crippen molar-refractivity contribution in [1.29, 1.82) is 0 Å². The maximum absolute atomic E-state index is 14.6. The molecule has 18 heteroatoms. The molecule has 8 rings (SSSR count). The van der Waals surface area contributed by atoms with E-state index in [0.29, 0.717) is 12.8 Å². The van der Waals surface area contributed by atoms with Crippen LogP contribution in [0.15, 0.2) is 11.6 Å². The molecular formula is C50H82O18. The van der Waals surface area contributed by atoms with Crippen molar-refractivity contribution < 1.29 is 89.8 Å². The summed E-state index contributed by atoms with van der Waals surface area (Å²) in [7, 11) is 0.